The van der Waals surface area contributed by atoms with Crippen LogP contribution in [0, 0.1) is 17.8 Å². The van der Waals surface area contributed by atoms with Crippen LogP contribution in [0.4, 0.5) is 0 Å². The summed E-state index contributed by atoms with van der Waals surface area (Å²) < 4.78 is 0. The summed E-state index contributed by atoms with van der Waals surface area (Å²) in [6.45, 7) is 7.08. The molecule has 0 N–H and O–H groups in total. The Kier molecular flexibility index (Phi) is 3.42. The smallest absolute Gasteiger partial charge is 0.0151 e. The lowest BCUT2D eigenvalue weighted by molar-refractivity contribution is 0.234. The molecule has 0 aromatic rings. The van der Waals surface area contributed by atoms with Gasteiger partial charge < -0.3 is 0 Å². The maximum atomic E-state index is 3.74. The van der Waals surface area contributed by atoms with Crippen molar-refractivity contribution >= 4 is 15.9 Å². The molecule has 11 heavy (non-hydrogen) atoms. The molecule has 0 aromatic heterocycles. The quantitative estimate of drug-likeness (QED) is 0.588. The van der Waals surface area contributed by atoms with E-state index in [2.05, 4.69) is 36.7 Å². The van der Waals surface area contributed by atoms with Gasteiger partial charge in [-0.2, -0.15) is 0 Å². The molecule has 0 saturated heterocycles. The molecule has 3 unspecified atom stereocenters. The third kappa shape index (κ3) is 2.77. The van der Waals surface area contributed by atoms with Gasteiger partial charge in [-0.25, -0.2) is 0 Å². The Hall–Kier alpha value is 0.480. The SMILES string of the molecule is CC1CC(Br)CC(C(C)C)C1. The lowest BCUT2D eigenvalue weighted by atomic mass is 9.77. The Morgan fingerprint density at radius 3 is 2.27 bits per heavy atom. The second-order valence-corrected chi connectivity index (χ2v) is 5.71. The molecule has 66 valence electrons. The summed E-state index contributed by atoms with van der Waals surface area (Å²) in [5.74, 6) is 2.77. The van der Waals surface area contributed by atoms with E-state index in [-0.39, 0.29) is 0 Å². The zero-order chi connectivity index (χ0) is 8.43. The Morgan fingerprint density at radius 1 is 1.18 bits per heavy atom. The topological polar surface area (TPSA) is 0 Å². The molecule has 0 nitrogen and oxygen atoms in total. The fraction of sp³-hybridized carbons (Fsp3) is 1.00. The van der Waals surface area contributed by atoms with E-state index in [1.807, 2.05) is 0 Å². The van der Waals surface area contributed by atoms with Crippen molar-refractivity contribution in [1.82, 2.24) is 0 Å². The molecule has 0 radical (unpaired) electrons. The number of alkyl halides is 1. The zero-order valence-electron chi connectivity index (χ0n) is 7.81. The molecule has 1 saturated carbocycles. The number of rotatable bonds is 1. The van der Waals surface area contributed by atoms with E-state index in [0.29, 0.717) is 0 Å². The van der Waals surface area contributed by atoms with Gasteiger partial charge in [0.15, 0.2) is 0 Å². The van der Waals surface area contributed by atoms with E-state index < -0.39 is 0 Å². The predicted octanol–water partition coefficient (Wildman–Crippen LogP) is 3.84. The second-order valence-electron chi connectivity index (χ2n) is 4.41. The van der Waals surface area contributed by atoms with Crippen molar-refractivity contribution < 1.29 is 0 Å². The van der Waals surface area contributed by atoms with Crippen LogP contribution in [0.25, 0.3) is 0 Å². The lowest BCUT2D eigenvalue weighted by Crippen LogP contribution is -2.24. The van der Waals surface area contributed by atoms with E-state index >= 15 is 0 Å². The highest BCUT2D eigenvalue weighted by Crippen LogP contribution is 2.36. The van der Waals surface area contributed by atoms with Crippen LogP contribution in [0.5, 0.6) is 0 Å². The first-order valence-electron chi connectivity index (χ1n) is 4.73. The summed E-state index contributed by atoms with van der Waals surface area (Å²) >= 11 is 3.74. The summed E-state index contributed by atoms with van der Waals surface area (Å²) in [6, 6.07) is 0. The van der Waals surface area contributed by atoms with Crippen LogP contribution < -0.4 is 0 Å². The Morgan fingerprint density at radius 2 is 1.82 bits per heavy atom. The lowest BCUT2D eigenvalue weighted by Gasteiger charge is -2.32. The average Bonchev–Trinajstić information content (AvgIpc) is 1.85. The number of hydrogen-bond acceptors (Lipinski definition) is 0. The molecule has 0 bridgehead atoms. The molecule has 1 fully saturated rings. The summed E-state index contributed by atoms with van der Waals surface area (Å²) in [4.78, 5) is 0.790. The van der Waals surface area contributed by atoms with Crippen LogP contribution in [0.3, 0.4) is 0 Å². The van der Waals surface area contributed by atoms with Crippen molar-refractivity contribution in [3.05, 3.63) is 0 Å². The average molecular weight is 219 g/mol. The molecule has 1 aliphatic rings. The van der Waals surface area contributed by atoms with Crippen molar-refractivity contribution in [1.29, 1.82) is 0 Å². The van der Waals surface area contributed by atoms with Gasteiger partial charge in [-0.3, -0.25) is 0 Å². The maximum absolute atomic E-state index is 3.74. The largest absolute Gasteiger partial charge is 0.0890 e. The molecule has 0 aliphatic heterocycles. The first-order chi connectivity index (χ1) is 5.09. The Labute approximate surface area is 78.9 Å². The van der Waals surface area contributed by atoms with Crippen LogP contribution in [0.15, 0.2) is 0 Å². The predicted molar refractivity (Wildman–Crippen MR) is 54.1 cm³/mol. The monoisotopic (exact) mass is 218 g/mol. The van der Waals surface area contributed by atoms with E-state index in [1.165, 1.54) is 19.3 Å². The van der Waals surface area contributed by atoms with E-state index in [0.717, 1.165) is 22.6 Å². The maximum Gasteiger partial charge on any atom is 0.0151 e. The second kappa shape index (κ2) is 3.93. The minimum atomic E-state index is 0.790. The summed E-state index contributed by atoms with van der Waals surface area (Å²) in [7, 11) is 0. The molecule has 1 heteroatoms. The van der Waals surface area contributed by atoms with Gasteiger partial charge in [-0.15, -0.1) is 0 Å². The highest BCUT2D eigenvalue weighted by molar-refractivity contribution is 9.09. The third-order valence-corrected chi connectivity index (χ3v) is 3.61. The van der Waals surface area contributed by atoms with Crippen LogP contribution in [0.1, 0.15) is 40.0 Å². The molecule has 0 aromatic carbocycles. The van der Waals surface area contributed by atoms with Crippen LogP contribution in [-0.4, -0.2) is 4.83 Å². The minimum Gasteiger partial charge on any atom is -0.0890 e. The molecular weight excluding hydrogens is 200 g/mol. The first-order valence-corrected chi connectivity index (χ1v) is 5.65. The molecule has 0 amide bonds. The van der Waals surface area contributed by atoms with Gasteiger partial charge in [0.05, 0.1) is 0 Å². The van der Waals surface area contributed by atoms with Crippen LogP contribution in [0.2, 0.25) is 0 Å². The Bertz CT molecular complexity index is 110. The van der Waals surface area contributed by atoms with Gasteiger partial charge in [0, 0.05) is 4.83 Å². The van der Waals surface area contributed by atoms with Crippen molar-refractivity contribution in [3.8, 4) is 0 Å². The van der Waals surface area contributed by atoms with E-state index in [9.17, 15) is 0 Å². The highest BCUT2D eigenvalue weighted by atomic mass is 79.9. The van der Waals surface area contributed by atoms with Gasteiger partial charge in [0.2, 0.25) is 0 Å². The van der Waals surface area contributed by atoms with Crippen molar-refractivity contribution in [2.75, 3.05) is 0 Å². The molecule has 1 rings (SSSR count). The van der Waals surface area contributed by atoms with E-state index in [4.69, 9.17) is 0 Å². The summed E-state index contributed by atoms with van der Waals surface area (Å²) in [5, 5.41) is 0. The zero-order valence-corrected chi connectivity index (χ0v) is 9.39. The Balaban J connectivity index is 2.43. The minimum absolute atomic E-state index is 0.790. The number of hydrogen-bond donors (Lipinski definition) is 0. The molecule has 0 spiro atoms. The summed E-state index contributed by atoms with van der Waals surface area (Å²) in [6.07, 6.45) is 4.21. The van der Waals surface area contributed by atoms with Crippen molar-refractivity contribution in [3.63, 3.8) is 0 Å². The van der Waals surface area contributed by atoms with Crippen molar-refractivity contribution in [2.45, 2.75) is 44.9 Å². The van der Waals surface area contributed by atoms with Crippen molar-refractivity contribution in [2.24, 2.45) is 17.8 Å². The third-order valence-electron chi connectivity index (χ3n) is 2.86. The van der Waals surface area contributed by atoms with Gasteiger partial charge in [-0.1, -0.05) is 36.7 Å². The molecule has 3 atom stereocenters. The van der Waals surface area contributed by atoms with Gasteiger partial charge >= 0.3 is 0 Å². The van der Waals surface area contributed by atoms with Gasteiger partial charge in [0.25, 0.3) is 0 Å². The van der Waals surface area contributed by atoms with Gasteiger partial charge in [0.1, 0.15) is 0 Å². The van der Waals surface area contributed by atoms with Crippen LogP contribution >= 0.6 is 15.9 Å². The standard InChI is InChI=1S/C10H19Br/c1-7(2)9-4-8(3)5-10(11)6-9/h7-10H,4-6H2,1-3H3. The van der Waals surface area contributed by atoms with Crippen LogP contribution in [-0.2, 0) is 0 Å². The number of halogens is 1. The highest BCUT2D eigenvalue weighted by Gasteiger charge is 2.26. The fourth-order valence-electron chi connectivity index (χ4n) is 2.11. The van der Waals surface area contributed by atoms with E-state index in [1.54, 1.807) is 0 Å². The molecular formula is C10H19Br. The fourth-order valence-corrected chi connectivity index (χ4v) is 3.23. The van der Waals surface area contributed by atoms with Gasteiger partial charge in [-0.05, 0) is 37.0 Å². The first kappa shape index (κ1) is 9.57. The normalized spacial score (nSPS) is 39.5. The molecule has 0 heterocycles. The summed E-state index contributed by atoms with van der Waals surface area (Å²) in [5.41, 5.74) is 0. The molecule has 1 aliphatic carbocycles.